The third-order valence-electron chi connectivity index (χ3n) is 5.49. The van der Waals surface area contributed by atoms with Crippen LogP contribution in [0.2, 0.25) is 0 Å². The average molecular weight is 558 g/mol. The summed E-state index contributed by atoms with van der Waals surface area (Å²) in [5.74, 6) is -1.02. The topological polar surface area (TPSA) is 67.5 Å². The number of para-hydroxylation sites is 1. The van der Waals surface area contributed by atoms with E-state index in [4.69, 9.17) is 9.47 Å². The average Bonchev–Trinajstić information content (AvgIpc) is 3.40. The number of halogens is 6. The summed E-state index contributed by atoms with van der Waals surface area (Å²) in [6.07, 6.45) is -5.81. The smallest absolute Gasteiger partial charge is 0.418 e. The van der Waals surface area contributed by atoms with Crippen molar-refractivity contribution in [3.63, 3.8) is 0 Å². The van der Waals surface area contributed by atoms with Crippen molar-refractivity contribution in [3.8, 4) is 5.75 Å². The zero-order chi connectivity index (χ0) is 27.3. The van der Waals surface area contributed by atoms with Crippen molar-refractivity contribution < 1.29 is 40.6 Å². The fraction of sp³-hybridized carbons (Fsp3) is 0.280. The molecule has 38 heavy (non-hydrogen) atoms. The molecule has 0 unspecified atom stereocenters. The van der Waals surface area contributed by atoms with E-state index in [0.29, 0.717) is 43.8 Å². The molecular weight excluding hydrogens is 536 g/mol. The van der Waals surface area contributed by atoms with Crippen molar-refractivity contribution in [2.45, 2.75) is 28.8 Å². The van der Waals surface area contributed by atoms with Gasteiger partial charge in [0.2, 0.25) is 0 Å². The molecule has 1 N–H and O–H groups in total. The Kier molecular flexibility index (Phi) is 8.36. The number of carbonyl (C=O) groups excluding carboxylic acids is 1. The van der Waals surface area contributed by atoms with Gasteiger partial charge in [-0.3, -0.25) is 4.79 Å². The molecule has 1 saturated heterocycles. The van der Waals surface area contributed by atoms with Crippen molar-refractivity contribution in [3.05, 3.63) is 83.6 Å². The van der Waals surface area contributed by atoms with Crippen LogP contribution in [-0.2, 0) is 23.7 Å². The van der Waals surface area contributed by atoms with Crippen LogP contribution in [-0.4, -0.2) is 47.0 Å². The number of hydrogen-bond donors (Lipinski definition) is 1. The van der Waals surface area contributed by atoms with Gasteiger partial charge < -0.3 is 19.4 Å². The Bertz CT molecular complexity index is 1290. The summed E-state index contributed by atoms with van der Waals surface area (Å²) in [5, 5.41) is 0. The first kappa shape index (κ1) is 27.6. The van der Waals surface area contributed by atoms with Crippen LogP contribution in [0.15, 0.2) is 71.0 Å². The zero-order valence-electron chi connectivity index (χ0n) is 19.6. The summed E-state index contributed by atoms with van der Waals surface area (Å²) in [7, 11) is 0. The predicted molar refractivity (Wildman–Crippen MR) is 126 cm³/mol. The molecule has 0 saturated carbocycles. The molecule has 1 aliphatic rings. The third kappa shape index (κ3) is 6.70. The largest absolute Gasteiger partial charge is 0.486 e. The maximum absolute atomic E-state index is 14.2. The lowest BCUT2D eigenvalue weighted by molar-refractivity contribution is -0.163. The van der Waals surface area contributed by atoms with Gasteiger partial charge >= 0.3 is 12.4 Å². The molecule has 1 aliphatic heterocycles. The Morgan fingerprint density at radius 1 is 1.03 bits per heavy atom. The first-order valence-corrected chi connectivity index (χ1v) is 12.1. The summed E-state index contributed by atoms with van der Waals surface area (Å²) < 4.78 is 95.8. The second-order valence-electron chi connectivity index (χ2n) is 8.10. The quantitative estimate of drug-likeness (QED) is 0.202. The molecule has 1 fully saturated rings. The molecule has 2 heterocycles. The van der Waals surface area contributed by atoms with Gasteiger partial charge in [-0.2, -0.15) is 26.3 Å². The zero-order valence-corrected chi connectivity index (χ0v) is 20.4. The van der Waals surface area contributed by atoms with E-state index in [9.17, 15) is 31.1 Å². The van der Waals surface area contributed by atoms with Crippen LogP contribution in [0.5, 0.6) is 5.75 Å². The van der Waals surface area contributed by atoms with E-state index in [0.717, 1.165) is 18.2 Å². The van der Waals surface area contributed by atoms with Gasteiger partial charge in [0, 0.05) is 35.8 Å². The highest BCUT2D eigenvalue weighted by Crippen LogP contribution is 2.49. The molecule has 202 valence electrons. The molecule has 1 aromatic heterocycles. The maximum Gasteiger partial charge on any atom is 0.418 e. The Labute approximate surface area is 217 Å². The lowest BCUT2D eigenvalue weighted by Crippen LogP contribution is -2.32. The van der Waals surface area contributed by atoms with Gasteiger partial charge in [-0.05, 0) is 24.3 Å². The van der Waals surface area contributed by atoms with E-state index < -0.39 is 39.7 Å². The highest BCUT2D eigenvalue weighted by Gasteiger charge is 2.47. The van der Waals surface area contributed by atoms with Crippen molar-refractivity contribution in [1.82, 2.24) is 14.9 Å². The lowest BCUT2D eigenvalue weighted by Gasteiger charge is -2.25. The van der Waals surface area contributed by atoms with Crippen LogP contribution in [0.3, 0.4) is 0 Å². The first-order chi connectivity index (χ1) is 18.0. The minimum Gasteiger partial charge on any atom is -0.486 e. The number of aromatic nitrogens is 2. The Morgan fingerprint density at radius 3 is 2.39 bits per heavy atom. The molecule has 0 atom stereocenters. The highest BCUT2D eigenvalue weighted by molar-refractivity contribution is 7.99. The number of hydrogen-bond acceptors (Lipinski definition) is 6. The van der Waals surface area contributed by atoms with Gasteiger partial charge in [0.1, 0.15) is 12.4 Å². The van der Waals surface area contributed by atoms with Gasteiger partial charge in [-0.15, -0.1) is 0 Å². The van der Waals surface area contributed by atoms with E-state index in [2.05, 4.69) is 9.97 Å². The number of ether oxygens (including phenoxy) is 2. The number of H-pyrrole nitrogens is 1. The van der Waals surface area contributed by atoms with Gasteiger partial charge in [0.05, 0.1) is 47.5 Å². The molecular formula is C25H21F6N3O3S. The number of carbonyl (C=O) groups is 1. The number of morpholine rings is 1. The number of allylic oxidation sites excluding steroid dienone is 1. The van der Waals surface area contributed by atoms with E-state index >= 15 is 0 Å². The van der Waals surface area contributed by atoms with Crippen LogP contribution in [0.4, 0.5) is 26.3 Å². The molecule has 0 spiro atoms. The molecule has 13 heteroatoms. The van der Waals surface area contributed by atoms with Crippen LogP contribution in [0.1, 0.15) is 27.2 Å². The first-order valence-electron chi connectivity index (χ1n) is 11.3. The molecule has 0 amide bonds. The van der Waals surface area contributed by atoms with Crippen LogP contribution in [0, 0.1) is 0 Å². The van der Waals surface area contributed by atoms with Gasteiger partial charge in [-0.25, -0.2) is 4.98 Å². The van der Waals surface area contributed by atoms with E-state index in [1.165, 1.54) is 36.9 Å². The fourth-order valence-corrected chi connectivity index (χ4v) is 4.80. The van der Waals surface area contributed by atoms with Crippen LogP contribution >= 0.6 is 11.8 Å². The summed E-state index contributed by atoms with van der Waals surface area (Å²) >= 11 is 0.469. The fourth-order valence-electron chi connectivity index (χ4n) is 3.73. The number of aromatic amines is 1. The summed E-state index contributed by atoms with van der Waals surface area (Å²) in [6.45, 7) is 1.55. The third-order valence-corrected chi connectivity index (χ3v) is 6.61. The van der Waals surface area contributed by atoms with E-state index in [1.54, 1.807) is 11.0 Å². The van der Waals surface area contributed by atoms with Crippen molar-refractivity contribution in [2.75, 3.05) is 26.3 Å². The molecule has 0 radical (unpaired) electrons. The molecule has 0 aliphatic carbocycles. The second-order valence-corrected chi connectivity index (χ2v) is 9.18. The lowest BCUT2D eigenvalue weighted by atomic mass is 9.96. The predicted octanol–water partition coefficient (Wildman–Crippen LogP) is 6.21. The van der Waals surface area contributed by atoms with Crippen LogP contribution in [0.25, 0.3) is 0 Å². The summed E-state index contributed by atoms with van der Waals surface area (Å²) in [4.78, 5) is 20.5. The van der Waals surface area contributed by atoms with E-state index in [1.807, 2.05) is 0 Å². The molecule has 6 nitrogen and oxygen atoms in total. The van der Waals surface area contributed by atoms with Crippen LogP contribution < -0.4 is 4.74 Å². The number of alkyl halides is 6. The van der Waals surface area contributed by atoms with Gasteiger partial charge in [0.25, 0.3) is 0 Å². The minimum atomic E-state index is -5.45. The number of imidazole rings is 1. The summed E-state index contributed by atoms with van der Waals surface area (Å²) in [5.41, 5.74) is -4.44. The maximum atomic E-state index is 14.2. The van der Waals surface area contributed by atoms with Crippen molar-refractivity contribution in [1.29, 1.82) is 0 Å². The standard InChI is InChI=1S/C25H21F6N3O3S/c26-24(27,28)22-17(18(35)7-8-34-9-11-36-12-10-34)5-6-21(23(22)25(29,30)31)38-20-4-2-1-3-19(20)37-14-16-13-32-15-33-16/h1-8,13,15H,9-12,14H2,(H,32,33). The Balaban J connectivity index is 1.71. The summed E-state index contributed by atoms with van der Waals surface area (Å²) in [6, 6.07) is 7.69. The van der Waals surface area contributed by atoms with Gasteiger partial charge in [0.15, 0.2) is 5.78 Å². The van der Waals surface area contributed by atoms with Crippen molar-refractivity contribution >= 4 is 17.5 Å². The second kappa shape index (κ2) is 11.5. The molecule has 3 aromatic rings. The highest BCUT2D eigenvalue weighted by atomic mass is 32.2. The number of nitrogens with zero attached hydrogens (tertiary/aromatic N) is 2. The molecule has 2 aromatic carbocycles. The Hall–Kier alpha value is -3.45. The number of ketones is 1. The monoisotopic (exact) mass is 557 g/mol. The molecule has 0 bridgehead atoms. The van der Waals surface area contributed by atoms with Gasteiger partial charge in [-0.1, -0.05) is 23.9 Å². The number of nitrogens with one attached hydrogen (secondary N) is 1. The SMILES string of the molecule is O=C(C=CN1CCOCC1)c1ccc(Sc2ccccc2OCc2cnc[nH]2)c(C(F)(F)F)c1C(F)(F)F. The number of rotatable bonds is 8. The van der Waals surface area contributed by atoms with Crippen molar-refractivity contribution in [2.24, 2.45) is 0 Å². The normalized spacial score (nSPS) is 14.7. The van der Waals surface area contributed by atoms with E-state index in [-0.39, 0.29) is 17.3 Å². The number of benzene rings is 2. The molecule has 4 rings (SSSR count). The Morgan fingerprint density at radius 2 is 1.74 bits per heavy atom. The minimum absolute atomic E-state index is 0.0143.